The monoisotopic (exact) mass is 253 g/mol. The lowest BCUT2D eigenvalue weighted by molar-refractivity contribution is -0.139. The third kappa shape index (κ3) is 5.16. The normalized spacial score (nSPS) is 12.4. The van der Waals surface area contributed by atoms with E-state index >= 15 is 0 Å². The van der Waals surface area contributed by atoms with Crippen molar-refractivity contribution in [2.24, 2.45) is 0 Å². The minimum Gasteiger partial charge on any atom is -0.497 e. The molecule has 0 aliphatic rings. The van der Waals surface area contributed by atoms with Gasteiger partial charge in [0.05, 0.1) is 19.6 Å². The number of nitrogens with zero attached hydrogens (tertiary/aromatic N) is 1. The maximum atomic E-state index is 10.4. The zero-order valence-corrected chi connectivity index (χ0v) is 10.7. The molecule has 0 aliphatic carbocycles. The first-order valence-corrected chi connectivity index (χ1v) is 5.72. The smallest absolute Gasteiger partial charge is 0.306 e. The highest BCUT2D eigenvalue weighted by atomic mass is 16.5. The summed E-state index contributed by atoms with van der Waals surface area (Å²) in [5.74, 6) is -0.204. The summed E-state index contributed by atoms with van der Waals surface area (Å²) in [4.78, 5) is 12.3. The molecule has 1 aromatic carbocycles. The van der Waals surface area contributed by atoms with Crippen molar-refractivity contribution in [2.45, 2.75) is 19.1 Å². The van der Waals surface area contributed by atoms with Crippen LogP contribution >= 0.6 is 0 Å². The Morgan fingerprint density at radius 3 is 2.83 bits per heavy atom. The number of hydrogen-bond donors (Lipinski definition) is 2. The SMILES string of the molecule is COc1cccc(CN(C)CC(O)CC(=O)O)c1. The summed E-state index contributed by atoms with van der Waals surface area (Å²) in [6, 6.07) is 7.64. The van der Waals surface area contributed by atoms with Crippen LogP contribution in [0.2, 0.25) is 0 Å². The maximum Gasteiger partial charge on any atom is 0.306 e. The van der Waals surface area contributed by atoms with E-state index in [4.69, 9.17) is 9.84 Å². The molecule has 0 spiro atoms. The number of carboxylic acid groups (broad SMARTS) is 1. The van der Waals surface area contributed by atoms with E-state index in [0.717, 1.165) is 11.3 Å². The predicted octanol–water partition coefficient (Wildman–Crippen LogP) is 0.963. The first-order chi connectivity index (χ1) is 8.51. The van der Waals surface area contributed by atoms with Gasteiger partial charge in [0.15, 0.2) is 0 Å². The third-order valence-electron chi connectivity index (χ3n) is 2.52. The van der Waals surface area contributed by atoms with Crippen LogP contribution in [0.15, 0.2) is 24.3 Å². The lowest BCUT2D eigenvalue weighted by atomic mass is 10.2. The molecule has 1 atom stereocenters. The summed E-state index contributed by atoms with van der Waals surface area (Å²) in [6.07, 6.45) is -1.08. The topological polar surface area (TPSA) is 70.0 Å². The number of aliphatic hydroxyl groups excluding tert-OH is 1. The standard InChI is InChI=1S/C13H19NO4/c1-14(9-11(15)7-13(16)17)8-10-4-3-5-12(6-10)18-2/h3-6,11,15H,7-9H2,1-2H3,(H,16,17). The van der Waals surface area contributed by atoms with E-state index in [2.05, 4.69) is 0 Å². The first-order valence-electron chi connectivity index (χ1n) is 5.72. The molecule has 0 aliphatic heterocycles. The van der Waals surface area contributed by atoms with Crippen molar-refractivity contribution in [3.63, 3.8) is 0 Å². The van der Waals surface area contributed by atoms with Crippen LogP contribution in [-0.2, 0) is 11.3 Å². The fourth-order valence-electron chi connectivity index (χ4n) is 1.77. The highest BCUT2D eigenvalue weighted by molar-refractivity contribution is 5.67. The van der Waals surface area contributed by atoms with E-state index in [0.29, 0.717) is 13.1 Å². The maximum absolute atomic E-state index is 10.4. The van der Waals surface area contributed by atoms with Gasteiger partial charge in [-0.25, -0.2) is 0 Å². The van der Waals surface area contributed by atoms with Crippen molar-refractivity contribution in [1.82, 2.24) is 4.90 Å². The minimum atomic E-state index is -0.989. The van der Waals surface area contributed by atoms with Gasteiger partial charge in [-0.15, -0.1) is 0 Å². The molecule has 0 aromatic heterocycles. The Kier molecular flexibility index (Phi) is 5.61. The summed E-state index contributed by atoms with van der Waals surface area (Å²) in [7, 11) is 3.45. The lowest BCUT2D eigenvalue weighted by Crippen LogP contribution is -2.30. The van der Waals surface area contributed by atoms with Crippen LogP contribution in [0.3, 0.4) is 0 Å². The van der Waals surface area contributed by atoms with Gasteiger partial charge in [-0.1, -0.05) is 12.1 Å². The van der Waals surface area contributed by atoms with E-state index in [9.17, 15) is 9.90 Å². The van der Waals surface area contributed by atoms with Crippen molar-refractivity contribution < 1.29 is 19.7 Å². The van der Waals surface area contributed by atoms with Gasteiger partial charge in [0.1, 0.15) is 5.75 Å². The number of benzene rings is 1. The number of methoxy groups -OCH3 is 1. The fraction of sp³-hybridized carbons (Fsp3) is 0.462. The molecule has 1 aromatic rings. The molecule has 1 unspecified atom stereocenters. The highest BCUT2D eigenvalue weighted by Crippen LogP contribution is 2.14. The summed E-state index contributed by atoms with van der Waals surface area (Å²) in [5.41, 5.74) is 1.05. The van der Waals surface area contributed by atoms with Gasteiger partial charge in [0.25, 0.3) is 0 Å². The number of ether oxygens (including phenoxy) is 1. The van der Waals surface area contributed by atoms with Crippen LogP contribution < -0.4 is 4.74 Å². The number of rotatable bonds is 7. The molecule has 0 heterocycles. The molecule has 0 saturated carbocycles. The second kappa shape index (κ2) is 6.98. The molecule has 18 heavy (non-hydrogen) atoms. The van der Waals surface area contributed by atoms with Gasteiger partial charge in [-0.05, 0) is 24.7 Å². The van der Waals surface area contributed by atoms with Crippen LogP contribution in [0.5, 0.6) is 5.75 Å². The summed E-state index contributed by atoms with van der Waals surface area (Å²) >= 11 is 0. The van der Waals surface area contributed by atoms with Crippen LogP contribution in [-0.4, -0.2) is 47.9 Å². The molecule has 0 bridgehead atoms. The number of carbonyl (C=O) groups is 1. The Morgan fingerprint density at radius 2 is 2.22 bits per heavy atom. The Bertz CT molecular complexity index is 394. The number of likely N-dealkylation sites (N-methyl/N-ethyl adjacent to an activating group) is 1. The van der Waals surface area contributed by atoms with E-state index in [1.807, 2.05) is 36.2 Å². The average Bonchev–Trinajstić information content (AvgIpc) is 2.27. The second-order valence-electron chi connectivity index (χ2n) is 4.30. The number of aliphatic hydroxyl groups is 1. The molecule has 5 nitrogen and oxygen atoms in total. The van der Waals surface area contributed by atoms with Crippen LogP contribution in [0.25, 0.3) is 0 Å². The summed E-state index contributed by atoms with van der Waals surface area (Å²) in [6.45, 7) is 0.956. The largest absolute Gasteiger partial charge is 0.497 e. The Balaban J connectivity index is 2.48. The van der Waals surface area contributed by atoms with Crippen LogP contribution in [0, 0.1) is 0 Å². The second-order valence-corrected chi connectivity index (χ2v) is 4.30. The van der Waals surface area contributed by atoms with Crippen molar-refractivity contribution in [3.8, 4) is 5.75 Å². The van der Waals surface area contributed by atoms with Crippen molar-refractivity contribution in [1.29, 1.82) is 0 Å². The Labute approximate surface area is 107 Å². The molecule has 0 saturated heterocycles. The quantitative estimate of drug-likeness (QED) is 0.757. The number of hydrogen-bond acceptors (Lipinski definition) is 4. The molecule has 2 N–H and O–H groups in total. The highest BCUT2D eigenvalue weighted by Gasteiger charge is 2.12. The Hall–Kier alpha value is -1.59. The zero-order valence-electron chi connectivity index (χ0n) is 10.7. The van der Waals surface area contributed by atoms with Crippen LogP contribution in [0.4, 0.5) is 0 Å². The molecule has 100 valence electrons. The van der Waals surface area contributed by atoms with Crippen molar-refractivity contribution in [2.75, 3.05) is 20.7 Å². The molecule has 1 rings (SSSR count). The van der Waals surface area contributed by atoms with Gasteiger partial charge in [-0.2, -0.15) is 0 Å². The molecule has 0 radical (unpaired) electrons. The predicted molar refractivity (Wildman–Crippen MR) is 67.6 cm³/mol. The third-order valence-corrected chi connectivity index (χ3v) is 2.52. The lowest BCUT2D eigenvalue weighted by Gasteiger charge is -2.19. The summed E-state index contributed by atoms with van der Waals surface area (Å²) in [5, 5.41) is 18.1. The van der Waals surface area contributed by atoms with E-state index in [-0.39, 0.29) is 6.42 Å². The van der Waals surface area contributed by atoms with Gasteiger partial charge in [0, 0.05) is 13.1 Å². The molecular weight excluding hydrogens is 234 g/mol. The fourth-order valence-corrected chi connectivity index (χ4v) is 1.77. The molecule has 5 heteroatoms. The minimum absolute atomic E-state index is 0.234. The molecular formula is C13H19NO4. The number of carboxylic acids is 1. The Morgan fingerprint density at radius 1 is 1.50 bits per heavy atom. The van der Waals surface area contributed by atoms with Crippen molar-refractivity contribution in [3.05, 3.63) is 29.8 Å². The van der Waals surface area contributed by atoms with E-state index in [1.54, 1.807) is 7.11 Å². The molecule has 0 amide bonds. The van der Waals surface area contributed by atoms with Gasteiger partial charge < -0.3 is 14.9 Å². The number of aliphatic carboxylic acids is 1. The van der Waals surface area contributed by atoms with Crippen LogP contribution in [0.1, 0.15) is 12.0 Å². The van der Waals surface area contributed by atoms with Gasteiger partial charge >= 0.3 is 5.97 Å². The molecule has 0 fully saturated rings. The van der Waals surface area contributed by atoms with Crippen molar-refractivity contribution >= 4 is 5.97 Å². The first kappa shape index (κ1) is 14.5. The summed E-state index contributed by atoms with van der Waals surface area (Å²) < 4.78 is 5.12. The zero-order chi connectivity index (χ0) is 13.5. The van der Waals surface area contributed by atoms with Gasteiger partial charge in [-0.3, -0.25) is 9.69 Å². The average molecular weight is 253 g/mol. The van der Waals surface area contributed by atoms with E-state index in [1.165, 1.54) is 0 Å². The van der Waals surface area contributed by atoms with E-state index < -0.39 is 12.1 Å². The van der Waals surface area contributed by atoms with Gasteiger partial charge in [0.2, 0.25) is 0 Å².